The van der Waals surface area contributed by atoms with Crippen LogP contribution in [0.1, 0.15) is 52.8 Å². The van der Waals surface area contributed by atoms with Crippen molar-refractivity contribution in [3.8, 4) is 34.2 Å². The third-order valence-electron chi connectivity index (χ3n) is 8.65. The van der Waals surface area contributed by atoms with E-state index in [1.54, 1.807) is 12.1 Å². The third-order valence-corrected chi connectivity index (χ3v) is 15.0. The first-order valence-corrected chi connectivity index (χ1v) is 20.4. The molecule has 10 heteroatoms. The van der Waals surface area contributed by atoms with Gasteiger partial charge in [0.05, 0.1) is 12.5 Å². The number of nitrogens with zero attached hydrogens (tertiary/aromatic N) is 2. The summed E-state index contributed by atoms with van der Waals surface area (Å²) in [7, 11) is -5.90. The van der Waals surface area contributed by atoms with Gasteiger partial charge in [-0.1, -0.05) is 130 Å². The number of aromatic nitrogens is 2. The van der Waals surface area contributed by atoms with Gasteiger partial charge in [-0.2, -0.15) is 5.10 Å². The fraction of sp³-hybridized carbons (Fsp3) is 0.268. The fourth-order valence-corrected chi connectivity index (χ4v) is 12.2. The third kappa shape index (κ3) is 8.84. The van der Waals surface area contributed by atoms with Gasteiger partial charge in [-0.3, -0.25) is 14.0 Å². The van der Waals surface area contributed by atoms with Gasteiger partial charge < -0.3 is 14.1 Å². The second-order valence-electron chi connectivity index (χ2n) is 13.7. The Morgan fingerprint density at radius 1 is 0.882 bits per heavy atom. The quantitative estimate of drug-likeness (QED) is 0.0749. The van der Waals surface area contributed by atoms with Crippen LogP contribution in [0.25, 0.3) is 22.4 Å². The number of carbonyl (C=O) groups is 1. The van der Waals surface area contributed by atoms with Crippen molar-refractivity contribution < 1.29 is 27.8 Å². The molecule has 5 aromatic rings. The zero-order valence-corrected chi connectivity index (χ0v) is 31.6. The van der Waals surface area contributed by atoms with Crippen LogP contribution >= 0.6 is 8.03 Å². The van der Waals surface area contributed by atoms with Gasteiger partial charge in [-0.05, 0) is 52.9 Å². The molecule has 0 aliphatic heterocycles. The number of hydrogen-bond donors (Lipinski definition) is 1. The van der Waals surface area contributed by atoms with E-state index >= 15 is 0 Å². The standard InChI is InChI=1S/C41H44FN2O5PSi/c1-30(2)44-37(39(31-23-25-33(42)26-24-31)40(43-44)32-16-9-6-10-17-32)22-15-27-48-50(47)29-34(28-38(45)46)49-51(41(3,4)5,35-18-11-7-12-19-35)36-20-13-8-14-21-36/h6-14,16-21,23-26,30,34,50H,27-29H2,1-5H3,(H,45,46). The maximum Gasteiger partial charge on any atom is 0.305 e. The van der Waals surface area contributed by atoms with E-state index in [1.807, 2.05) is 110 Å². The highest BCUT2D eigenvalue weighted by molar-refractivity contribution is 7.39. The van der Waals surface area contributed by atoms with E-state index in [0.29, 0.717) is 11.4 Å². The molecule has 1 heterocycles. The first-order valence-electron chi connectivity index (χ1n) is 17.0. The molecule has 0 spiro atoms. The Bertz CT molecular complexity index is 1960. The predicted molar refractivity (Wildman–Crippen MR) is 205 cm³/mol. The molecular weight excluding hydrogens is 679 g/mol. The smallest absolute Gasteiger partial charge is 0.305 e. The summed E-state index contributed by atoms with van der Waals surface area (Å²) in [6.07, 6.45) is -1.27. The second-order valence-corrected chi connectivity index (χ2v) is 19.3. The normalized spacial score (nSPS) is 13.0. The molecule has 0 aliphatic rings. The number of carboxylic acids is 1. The summed E-state index contributed by atoms with van der Waals surface area (Å²) in [4.78, 5) is 12.1. The lowest BCUT2D eigenvalue weighted by atomic mass is 9.99. The molecule has 1 aromatic heterocycles. The molecule has 264 valence electrons. The molecule has 5 rings (SSSR count). The summed E-state index contributed by atoms with van der Waals surface area (Å²) in [5.74, 6) is 4.83. The largest absolute Gasteiger partial charge is 0.481 e. The molecule has 4 aromatic carbocycles. The molecule has 0 aliphatic carbocycles. The first-order chi connectivity index (χ1) is 24.4. The molecule has 1 N–H and O–H groups in total. The number of carboxylic acid groups (broad SMARTS) is 1. The lowest BCUT2D eigenvalue weighted by molar-refractivity contribution is -0.138. The summed E-state index contributed by atoms with van der Waals surface area (Å²) >= 11 is 0. The van der Waals surface area contributed by atoms with Crippen LogP contribution in [0, 0.1) is 17.7 Å². The summed E-state index contributed by atoms with van der Waals surface area (Å²) < 4.78 is 42.1. The first kappa shape index (κ1) is 37.7. The molecule has 51 heavy (non-hydrogen) atoms. The Balaban J connectivity index is 1.43. The maximum absolute atomic E-state index is 13.9. The van der Waals surface area contributed by atoms with Gasteiger partial charge in [0.1, 0.15) is 23.8 Å². The van der Waals surface area contributed by atoms with Crippen molar-refractivity contribution in [2.75, 3.05) is 12.8 Å². The summed E-state index contributed by atoms with van der Waals surface area (Å²) in [6.45, 7) is 10.2. The molecular formula is C41H44FN2O5PSi. The SMILES string of the molecule is CC(C)n1nc(-c2ccccc2)c(-c2ccc(F)cc2)c1C#CCO[PH](=O)CC(CC(=O)O)O[Si](c1ccccc1)(c1ccccc1)C(C)(C)C. The van der Waals surface area contributed by atoms with Gasteiger partial charge in [-0.25, -0.2) is 4.39 Å². The van der Waals surface area contributed by atoms with Crippen LogP contribution in [0.2, 0.25) is 5.04 Å². The summed E-state index contributed by atoms with van der Waals surface area (Å²) in [5, 5.41) is 16.4. The van der Waals surface area contributed by atoms with E-state index in [4.69, 9.17) is 14.0 Å². The minimum Gasteiger partial charge on any atom is -0.481 e. The zero-order chi connectivity index (χ0) is 36.6. The average Bonchev–Trinajstić information content (AvgIpc) is 3.49. The maximum atomic E-state index is 13.9. The predicted octanol–water partition coefficient (Wildman–Crippen LogP) is 8.20. The van der Waals surface area contributed by atoms with Crippen LogP contribution in [-0.2, 0) is 18.3 Å². The van der Waals surface area contributed by atoms with Crippen molar-refractivity contribution >= 4 is 32.7 Å². The number of hydrogen-bond acceptors (Lipinski definition) is 5. The Morgan fingerprint density at radius 3 is 1.94 bits per heavy atom. The molecule has 0 amide bonds. The van der Waals surface area contributed by atoms with Crippen molar-refractivity contribution in [3.63, 3.8) is 0 Å². The second kappa shape index (κ2) is 16.6. The molecule has 0 bridgehead atoms. The van der Waals surface area contributed by atoms with Gasteiger partial charge in [-0.15, -0.1) is 0 Å². The van der Waals surface area contributed by atoms with Gasteiger partial charge in [0, 0.05) is 23.3 Å². The Morgan fingerprint density at radius 2 is 1.43 bits per heavy atom. The van der Waals surface area contributed by atoms with Crippen molar-refractivity contribution in [2.45, 2.75) is 58.2 Å². The van der Waals surface area contributed by atoms with E-state index in [2.05, 4.69) is 32.6 Å². The van der Waals surface area contributed by atoms with Crippen LogP contribution in [0.15, 0.2) is 115 Å². The van der Waals surface area contributed by atoms with Gasteiger partial charge >= 0.3 is 5.97 Å². The molecule has 0 saturated carbocycles. The molecule has 7 nitrogen and oxygen atoms in total. The number of benzene rings is 4. The molecule has 0 fully saturated rings. The lowest BCUT2D eigenvalue weighted by Crippen LogP contribution is -2.68. The minimum atomic E-state index is -3.12. The highest BCUT2D eigenvalue weighted by atomic mass is 31.1. The number of rotatable bonds is 13. The van der Waals surface area contributed by atoms with E-state index in [1.165, 1.54) is 12.1 Å². The van der Waals surface area contributed by atoms with Gasteiger partial charge in [0.25, 0.3) is 8.32 Å². The molecule has 2 atom stereocenters. The van der Waals surface area contributed by atoms with Crippen molar-refractivity contribution in [1.82, 2.24) is 9.78 Å². The number of aliphatic carboxylic acids is 1. The monoisotopic (exact) mass is 722 g/mol. The highest BCUT2D eigenvalue weighted by Gasteiger charge is 2.51. The summed E-state index contributed by atoms with van der Waals surface area (Å²) in [5.41, 5.74) is 3.75. The minimum absolute atomic E-state index is 0.0404. The Labute approximate surface area is 301 Å². The molecule has 0 radical (unpaired) electrons. The highest BCUT2D eigenvalue weighted by Crippen LogP contribution is 2.39. The van der Waals surface area contributed by atoms with Crippen LogP contribution < -0.4 is 10.4 Å². The van der Waals surface area contributed by atoms with Crippen LogP contribution in [-0.4, -0.2) is 48.0 Å². The van der Waals surface area contributed by atoms with Crippen LogP contribution in [0.5, 0.6) is 0 Å². The van der Waals surface area contributed by atoms with E-state index in [9.17, 15) is 18.9 Å². The topological polar surface area (TPSA) is 90.7 Å². The Kier molecular flexibility index (Phi) is 12.3. The van der Waals surface area contributed by atoms with E-state index < -0.39 is 33.5 Å². The molecule has 0 saturated heterocycles. The average molecular weight is 723 g/mol. The van der Waals surface area contributed by atoms with Crippen LogP contribution in [0.4, 0.5) is 4.39 Å². The van der Waals surface area contributed by atoms with Gasteiger partial charge in [0.2, 0.25) is 0 Å². The van der Waals surface area contributed by atoms with Crippen molar-refractivity contribution in [3.05, 3.63) is 127 Å². The van der Waals surface area contributed by atoms with Crippen molar-refractivity contribution in [2.24, 2.45) is 0 Å². The van der Waals surface area contributed by atoms with Crippen LogP contribution in [0.3, 0.4) is 0 Å². The van der Waals surface area contributed by atoms with E-state index in [-0.39, 0.29) is 31.0 Å². The van der Waals surface area contributed by atoms with E-state index in [0.717, 1.165) is 27.1 Å². The fourth-order valence-electron chi connectivity index (χ4n) is 6.39. The van der Waals surface area contributed by atoms with Gasteiger partial charge in [0.15, 0.2) is 8.03 Å². The zero-order valence-electron chi connectivity index (χ0n) is 29.6. The Hall–Kier alpha value is -4.58. The lowest BCUT2D eigenvalue weighted by Gasteiger charge is -2.45. The van der Waals surface area contributed by atoms with Crippen molar-refractivity contribution in [1.29, 1.82) is 0 Å². The molecule has 2 unspecified atom stereocenters. The summed E-state index contributed by atoms with van der Waals surface area (Å²) in [6, 6.07) is 35.8. The number of halogens is 1.